The first-order chi connectivity index (χ1) is 19.9. The highest BCUT2D eigenvalue weighted by atomic mass is 35.5. The molecule has 1 atom stereocenters. The summed E-state index contributed by atoms with van der Waals surface area (Å²) in [7, 11) is 1.88. The SMILES string of the molecule is CNC[C@@H](CC(=O)c1ccc(N2CCN(c3ccccc3C)CC2)c(NC(=O)c2ccco2)c1)c1ccc(Cl)cc1. The number of aryl methyl sites for hydroxylation is 1. The fraction of sp³-hybridized carbons (Fsp3) is 0.273. The lowest BCUT2D eigenvalue weighted by Crippen LogP contribution is -2.47. The van der Waals surface area contributed by atoms with Gasteiger partial charge in [-0.15, -0.1) is 0 Å². The van der Waals surface area contributed by atoms with Gasteiger partial charge in [-0.25, -0.2) is 0 Å². The molecule has 212 valence electrons. The average Bonchev–Trinajstić information content (AvgIpc) is 3.53. The predicted molar refractivity (Wildman–Crippen MR) is 166 cm³/mol. The van der Waals surface area contributed by atoms with Crippen molar-refractivity contribution in [3.8, 4) is 0 Å². The smallest absolute Gasteiger partial charge is 0.291 e. The van der Waals surface area contributed by atoms with E-state index in [-0.39, 0.29) is 23.4 Å². The van der Waals surface area contributed by atoms with Gasteiger partial charge in [-0.05, 0) is 73.6 Å². The molecule has 3 aromatic carbocycles. The van der Waals surface area contributed by atoms with E-state index in [1.807, 2.05) is 43.4 Å². The molecular weight excluding hydrogens is 536 g/mol. The minimum atomic E-state index is -0.353. The Bertz CT molecular complexity index is 1480. The second-order valence-corrected chi connectivity index (χ2v) is 10.8. The first-order valence-corrected chi connectivity index (χ1v) is 14.3. The Morgan fingerprint density at radius 3 is 2.27 bits per heavy atom. The molecule has 0 spiro atoms. The van der Waals surface area contributed by atoms with Gasteiger partial charge >= 0.3 is 0 Å². The number of amides is 1. The number of hydrogen-bond donors (Lipinski definition) is 2. The average molecular weight is 571 g/mol. The maximum atomic E-state index is 13.6. The fourth-order valence-electron chi connectivity index (χ4n) is 5.41. The van der Waals surface area contributed by atoms with Crippen molar-refractivity contribution in [3.05, 3.63) is 113 Å². The number of para-hydroxylation sites is 1. The summed E-state index contributed by atoms with van der Waals surface area (Å²) in [5.74, 6) is -0.146. The van der Waals surface area contributed by atoms with Crippen molar-refractivity contribution in [2.75, 3.05) is 54.9 Å². The summed E-state index contributed by atoms with van der Waals surface area (Å²) in [4.78, 5) is 31.2. The van der Waals surface area contributed by atoms with Crippen LogP contribution < -0.4 is 20.4 Å². The lowest BCUT2D eigenvalue weighted by molar-refractivity contribution is 0.0970. The molecule has 1 fully saturated rings. The van der Waals surface area contributed by atoms with Crippen LogP contribution in [0.25, 0.3) is 0 Å². The number of anilines is 3. The van der Waals surface area contributed by atoms with Crippen LogP contribution in [0.15, 0.2) is 89.5 Å². The van der Waals surface area contributed by atoms with Gasteiger partial charge in [-0.1, -0.05) is 41.9 Å². The van der Waals surface area contributed by atoms with Crippen LogP contribution in [0.3, 0.4) is 0 Å². The van der Waals surface area contributed by atoms with Gasteiger partial charge in [0.15, 0.2) is 11.5 Å². The lowest BCUT2D eigenvalue weighted by Gasteiger charge is -2.38. The van der Waals surface area contributed by atoms with Gasteiger partial charge in [-0.2, -0.15) is 0 Å². The first-order valence-electron chi connectivity index (χ1n) is 13.9. The number of halogens is 1. The van der Waals surface area contributed by atoms with Gasteiger partial charge in [0.1, 0.15) is 0 Å². The molecule has 8 heteroatoms. The van der Waals surface area contributed by atoms with E-state index in [1.165, 1.54) is 17.5 Å². The number of carbonyl (C=O) groups is 2. The highest BCUT2D eigenvalue weighted by Gasteiger charge is 2.24. The molecule has 4 aromatic rings. The summed E-state index contributed by atoms with van der Waals surface area (Å²) in [5, 5.41) is 6.87. The summed E-state index contributed by atoms with van der Waals surface area (Å²) in [5.41, 5.74) is 5.58. The van der Waals surface area contributed by atoms with E-state index >= 15 is 0 Å². The number of carbonyl (C=O) groups excluding carboxylic acids is 2. The van der Waals surface area contributed by atoms with Crippen LogP contribution in [-0.2, 0) is 0 Å². The molecule has 2 N–H and O–H groups in total. The zero-order valence-electron chi connectivity index (χ0n) is 23.4. The van der Waals surface area contributed by atoms with Crippen LogP contribution in [-0.4, -0.2) is 51.5 Å². The van der Waals surface area contributed by atoms with E-state index in [0.717, 1.165) is 37.4 Å². The third-order valence-corrected chi connectivity index (χ3v) is 7.86. The third-order valence-electron chi connectivity index (χ3n) is 7.61. The maximum absolute atomic E-state index is 13.6. The second-order valence-electron chi connectivity index (χ2n) is 10.4. The van der Waals surface area contributed by atoms with Crippen LogP contribution in [0.2, 0.25) is 5.02 Å². The van der Waals surface area contributed by atoms with Gasteiger partial charge in [0.2, 0.25) is 0 Å². The van der Waals surface area contributed by atoms with Gasteiger partial charge in [0.05, 0.1) is 17.6 Å². The summed E-state index contributed by atoms with van der Waals surface area (Å²) in [6.07, 6.45) is 1.79. The van der Waals surface area contributed by atoms with E-state index in [4.69, 9.17) is 16.0 Å². The Kier molecular flexibility index (Phi) is 9.07. The molecule has 7 nitrogen and oxygen atoms in total. The van der Waals surface area contributed by atoms with Crippen LogP contribution in [0.5, 0.6) is 0 Å². The van der Waals surface area contributed by atoms with E-state index < -0.39 is 0 Å². The Morgan fingerprint density at radius 1 is 0.902 bits per heavy atom. The largest absolute Gasteiger partial charge is 0.459 e. The molecule has 1 aromatic heterocycles. The Labute approximate surface area is 246 Å². The summed E-state index contributed by atoms with van der Waals surface area (Å²) in [6, 6.07) is 25.0. The number of piperazine rings is 1. The minimum Gasteiger partial charge on any atom is -0.459 e. The molecule has 1 saturated heterocycles. The molecule has 2 heterocycles. The van der Waals surface area contributed by atoms with Crippen molar-refractivity contribution in [2.24, 2.45) is 0 Å². The lowest BCUT2D eigenvalue weighted by atomic mass is 9.91. The number of nitrogens with one attached hydrogen (secondary N) is 2. The monoisotopic (exact) mass is 570 g/mol. The molecule has 0 unspecified atom stereocenters. The predicted octanol–water partition coefficient (Wildman–Crippen LogP) is 6.40. The van der Waals surface area contributed by atoms with Gasteiger partial charge in [0, 0.05) is 61.3 Å². The number of ketones is 1. The summed E-state index contributed by atoms with van der Waals surface area (Å²) >= 11 is 6.09. The van der Waals surface area contributed by atoms with Crippen molar-refractivity contribution < 1.29 is 14.0 Å². The Hall–Kier alpha value is -4.07. The van der Waals surface area contributed by atoms with Crippen molar-refractivity contribution >= 4 is 40.4 Å². The quantitative estimate of drug-likeness (QED) is 0.215. The molecular formula is C33H35ClN4O3. The normalized spacial score (nSPS) is 14.1. The molecule has 0 bridgehead atoms. The molecule has 5 rings (SSSR count). The molecule has 0 aliphatic carbocycles. The molecule has 0 radical (unpaired) electrons. The Morgan fingerprint density at radius 2 is 1.61 bits per heavy atom. The molecule has 1 aliphatic rings. The van der Waals surface area contributed by atoms with E-state index in [0.29, 0.717) is 29.2 Å². The maximum Gasteiger partial charge on any atom is 0.291 e. The van der Waals surface area contributed by atoms with Gasteiger partial charge in [0.25, 0.3) is 5.91 Å². The van der Waals surface area contributed by atoms with E-state index in [2.05, 4.69) is 51.6 Å². The molecule has 0 saturated carbocycles. The highest BCUT2D eigenvalue weighted by molar-refractivity contribution is 6.30. The van der Waals surface area contributed by atoms with Crippen molar-refractivity contribution in [1.82, 2.24) is 5.32 Å². The van der Waals surface area contributed by atoms with Crippen molar-refractivity contribution in [3.63, 3.8) is 0 Å². The van der Waals surface area contributed by atoms with E-state index in [9.17, 15) is 9.59 Å². The zero-order valence-corrected chi connectivity index (χ0v) is 24.2. The van der Waals surface area contributed by atoms with Crippen LogP contribution in [0, 0.1) is 6.92 Å². The molecule has 1 amide bonds. The number of nitrogens with zero attached hydrogens (tertiary/aromatic N) is 2. The van der Waals surface area contributed by atoms with Crippen molar-refractivity contribution in [2.45, 2.75) is 19.3 Å². The van der Waals surface area contributed by atoms with Crippen molar-refractivity contribution in [1.29, 1.82) is 0 Å². The number of Topliss-reactive ketones (excluding diaryl/α,β-unsaturated/α-hetero) is 1. The minimum absolute atomic E-state index is 0.00428. The number of hydrogen-bond acceptors (Lipinski definition) is 6. The standard InChI is InChI=1S/C33H35ClN4O3/c1-23-6-3-4-7-29(23)37-15-17-38(18-16-37)30-14-11-25(20-28(30)36-33(40)32-8-5-19-41-32)31(39)21-26(22-35-2)24-9-12-27(34)13-10-24/h3-14,19-20,26,35H,15-18,21-22H2,1-2H3,(H,36,40)/t26-/m1/s1. The van der Waals surface area contributed by atoms with Crippen LogP contribution in [0.4, 0.5) is 17.1 Å². The van der Waals surface area contributed by atoms with Crippen LogP contribution in [0.1, 0.15) is 44.4 Å². The zero-order chi connectivity index (χ0) is 28.8. The third kappa shape index (κ3) is 6.81. The van der Waals surface area contributed by atoms with Crippen LogP contribution >= 0.6 is 11.6 Å². The first kappa shape index (κ1) is 28.5. The molecule has 41 heavy (non-hydrogen) atoms. The highest BCUT2D eigenvalue weighted by Crippen LogP contribution is 2.32. The molecule has 1 aliphatic heterocycles. The van der Waals surface area contributed by atoms with Gasteiger partial charge < -0.3 is 24.9 Å². The summed E-state index contributed by atoms with van der Waals surface area (Å²) < 4.78 is 5.33. The number of rotatable bonds is 10. The van der Waals surface area contributed by atoms with Gasteiger partial charge in [-0.3, -0.25) is 9.59 Å². The number of benzene rings is 3. The topological polar surface area (TPSA) is 77.8 Å². The number of furan rings is 1. The number of likely N-dealkylation sites (N-methyl/N-ethyl adjacent to an activating group) is 1. The summed E-state index contributed by atoms with van der Waals surface area (Å²) in [6.45, 7) is 6.05. The Balaban J connectivity index is 1.38. The fourth-order valence-corrected chi connectivity index (χ4v) is 5.54. The van der Waals surface area contributed by atoms with E-state index in [1.54, 1.807) is 18.2 Å². The second kappa shape index (κ2) is 13.1.